The number of amides is 2. The van der Waals surface area contributed by atoms with Crippen LogP contribution >= 0.6 is 0 Å². The fourth-order valence-corrected chi connectivity index (χ4v) is 1.26. The maximum Gasteiger partial charge on any atom is 0.326 e. The Labute approximate surface area is 103 Å². The van der Waals surface area contributed by atoms with E-state index in [4.69, 9.17) is 5.26 Å². The number of carbonyl (C=O) groups is 1. The molecule has 0 saturated carbocycles. The van der Waals surface area contributed by atoms with Gasteiger partial charge in [0.05, 0.1) is 11.6 Å². The molecule has 6 heteroatoms. The van der Waals surface area contributed by atoms with Crippen LogP contribution in [-0.4, -0.2) is 16.0 Å². The molecule has 0 saturated heterocycles. The van der Waals surface area contributed by atoms with Crippen molar-refractivity contribution in [3.63, 3.8) is 0 Å². The number of nitriles is 1. The van der Waals surface area contributed by atoms with Gasteiger partial charge in [-0.2, -0.15) is 5.26 Å². The van der Waals surface area contributed by atoms with E-state index in [0.717, 1.165) is 0 Å². The zero-order valence-electron chi connectivity index (χ0n) is 9.29. The average Bonchev–Trinajstić information content (AvgIpc) is 2.40. The summed E-state index contributed by atoms with van der Waals surface area (Å²) < 4.78 is 0. The number of urea groups is 1. The Morgan fingerprint density at radius 1 is 1.11 bits per heavy atom. The summed E-state index contributed by atoms with van der Waals surface area (Å²) in [6.07, 6.45) is 3.06. The van der Waals surface area contributed by atoms with Crippen LogP contribution in [0.4, 0.5) is 16.4 Å². The summed E-state index contributed by atoms with van der Waals surface area (Å²) in [5, 5.41) is 13.7. The SMILES string of the molecule is N#Cc1ccc(NC(=O)Nc2ncccn2)cc1. The highest BCUT2D eigenvalue weighted by Crippen LogP contribution is 2.09. The van der Waals surface area contributed by atoms with E-state index in [1.807, 2.05) is 6.07 Å². The van der Waals surface area contributed by atoms with Crippen molar-refractivity contribution in [2.24, 2.45) is 0 Å². The first-order valence-corrected chi connectivity index (χ1v) is 5.13. The molecule has 6 nitrogen and oxygen atoms in total. The third-order valence-corrected chi connectivity index (χ3v) is 2.06. The molecule has 0 aliphatic carbocycles. The normalized spacial score (nSPS) is 9.28. The molecule has 0 unspecified atom stereocenters. The molecule has 2 amide bonds. The average molecular weight is 239 g/mol. The van der Waals surface area contributed by atoms with E-state index < -0.39 is 6.03 Å². The number of anilines is 2. The van der Waals surface area contributed by atoms with Crippen LogP contribution in [0.1, 0.15) is 5.56 Å². The molecule has 2 aromatic rings. The first-order chi connectivity index (χ1) is 8.78. The van der Waals surface area contributed by atoms with Crippen molar-refractivity contribution in [3.05, 3.63) is 48.3 Å². The van der Waals surface area contributed by atoms with Crippen molar-refractivity contribution in [1.29, 1.82) is 5.26 Å². The minimum atomic E-state index is -0.439. The van der Waals surface area contributed by atoms with Crippen LogP contribution in [0, 0.1) is 11.3 Å². The Kier molecular flexibility index (Phi) is 3.47. The molecule has 0 radical (unpaired) electrons. The van der Waals surface area contributed by atoms with Gasteiger partial charge in [0.25, 0.3) is 0 Å². The third-order valence-electron chi connectivity index (χ3n) is 2.06. The second-order valence-electron chi connectivity index (χ2n) is 3.34. The summed E-state index contributed by atoms with van der Waals surface area (Å²) in [5.74, 6) is 0.226. The van der Waals surface area contributed by atoms with Gasteiger partial charge in [-0.25, -0.2) is 14.8 Å². The highest BCUT2D eigenvalue weighted by molar-refractivity contribution is 5.98. The molecular formula is C12H9N5O. The Bertz CT molecular complexity index is 574. The lowest BCUT2D eigenvalue weighted by Crippen LogP contribution is -2.20. The van der Waals surface area contributed by atoms with Gasteiger partial charge in [-0.1, -0.05) is 0 Å². The summed E-state index contributed by atoms with van der Waals surface area (Å²) in [5.41, 5.74) is 1.12. The van der Waals surface area contributed by atoms with Crippen LogP contribution in [0.5, 0.6) is 0 Å². The molecular weight excluding hydrogens is 230 g/mol. The van der Waals surface area contributed by atoms with Crippen molar-refractivity contribution in [2.75, 3.05) is 10.6 Å². The zero-order chi connectivity index (χ0) is 12.8. The number of benzene rings is 1. The number of rotatable bonds is 2. The minimum absolute atomic E-state index is 0.226. The predicted octanol–water partition coefficient (Wildman–Crippen LogP) is 1.99. The van der Waals surface area contributed by atoms with Gasteiger partial charge in [0.15, 0.2) is 0 Å². The minimum Gasteiger partial charge on any atom is -0.308 e. The van der Waals surface area contributed by atoms with Crippen LogP contribution in [-0.2, 0) is 0 Å². The maximum absolute atomic E-state index is 11.6. The van der Waals surface area contributed by atoms with Gasteiger partial charge in [-0.05, 0) is 30.3 Å². The van der Waals surface area contributed by atoms with Crippen molar-refractivity contribution < 1.29 is 4.79 Å². The molecule has 1 aromatic carbocycles. The number of nitrogens with zero attached hydrogens (tertiary/aromatic N) is 3. The first-order valence-electron chi connectivity index (χ1n) is 5.13. The second kappa shape index (κ2) is 5.41. The highest BCUT2D eigenvalue weighted by Gasteiger charge is 2.03. The van der Waals surface area contributed by atoms with Crippen molar-refractivity contribution in [2.45, 2.75) is 0 Å². The zero-order valence-corrected chi connectivity index (χ0v) is 9.29. The van der Waals surface area contributed by atoms with E-state index in [-0.39, 0.29) is 5.95 Å². The van der Waals surface area contributed by atoms with Crippen molar-refractivity contribution >= 4 is 17.7 Å². The molecule has 1 heterocycles. The van der Waals surface area contributed by atoms with Crippen LogP contribution in [0.25, 0.3) is 0 Å². The lowest BCUT2D eigenvalue weighted by molar-refractivity contribution is 0.262. The molecule has 18 heavy (non-hydrogen) atoms. The van der Waals surface area contributed by atoms with Crippen molar-refractivity contribution in [3.8, 4) is 6.07 Å². The molecule has 0 bridgehead atoms. The molecule has 0 aliphatic heterocycles. The van der Waals surface area contributed by atoms with Crippen LogP contribution < -0.4 is 10.6 Å². The van der Waals surface area contributed by atoms with Crippen LogP contribution in [0.15, 0.2) is 42.7 Å². The summed E-state index contributed by atoms with van der Waals surface area (Å²) >= 11 is 0. The number of hydrogen-bond donors (Lipinski definition) is 2. The largest absolute Gasteiger partial charge is 0.326 e. The number of hydrogen-bond acceptors (Lipinski definition) is 4. The Hall–Kier alpha value is -2.94. The Morgan fingerprint density at radius 2 is 1.78 bits per heavy atom. The molecule has 88 valence electrons. The lowest BCUT2D eigenvalue weighted by atomic mass is 10.2. The van der Waals surface area contributed by atoms with Gasteiger partial charge in [-0.15, -0.1) is 0 Å². The van der Waals surface area contributed by atoms with Crippen molar-refractivity contribution in [1.82, 2.24) is 9.97 Å². The van der Waals surface area contributed by atoms with Gasteiger partial charge in [0.1, 0.15) is 0 Å². The molecule has 0 aliphatic rings. The van der Waals surface area contributed by atoms with Gasteiger partial charge in [-0.3, -0.25) is 5.32 Å². The van der Waals surface area contributed by atoms with E-state index in [9.17, 15) is 4.79 Å². The van der Waals surface area contributed by atoms with Gasteiger partial charge >= 0.3 is 6.03 Å². The molecule has 2 rings (SSSR count). The quantitative estimate of drug-likeness (QED) is 0.838. The highest BCUT2D eigenvalue weighted by atomic mass is 16.2. The summed E-state index contributed by atoms with van der Waals surface area (Å²) in [4.78, 5) is 19.3. The van der Waals surface area contributed by atoms with Crippen LogP contribution in [0.3, 0.4) is 0 Å². The first kappa shape index (κ1) is 11.5. The lowest BCUT2D eigenvalue weighted by Gasteiger charge is -2.05. The van der Waals surface area contributed by atoms with E-state index in [1.165, 1.54) is 12.4 Å². The number of nitrogens with one attached hydrogen (secondary N) is 2. The third kappa shape index (κ3) is 3.02. The number of carbonyl (C=O) groups excluding carboxylic acids is 1. The summed E-state index contributed by atoms with van der Waals surface area (Å²) in [6, 6.07) is 9.74. The number of aromatic nitrogens is 2. The summed E-state index contributed by atoms with van der Waals surface area (Å²) in [6.45, 7) is 0. The van der Waals surface area contributed by atoms with E-state index in [2.05, 4.69) is 20.6 Å². The molecule has 2 N–H and O–H groups in total. The second-order valence-corrected chi connectivity index (χ2v) is 3.34. The monoisotopic (exact) mass is 239 g/mol. The Balaban J connectivity index is 1.97. The predicted molar refractivity (Wildman–Crippen MR) is 65.8 cm³/mol. The van der Waals surface area contributed by atoms with Gasteiger partial charge in [0.2, 0.25) is 5.95 Å². The van der Waals surface area contributed by atoms with Gasteiger partial charge in [0, 0.05) is 18.1 Å². The fourth-order valence-electron chi connectivity index (χ4n) is 1.26. The topological polar surface area (TPSA) is 90.7 Å². The van der Waals surface area contributed by atoms with E-state index >= 15 is 0 Å². The molecule has 0 fully saturated rings. The molecule has 1 aromatic heterocycles. The van der Waals surface area contributed by atoms with Crippen LogP contribution in [0.2, 0.25) is 0 Å². The fraction of sp³-hybridized carbons (Fsp3) is 0. The smallest absolute Gasteiger partial charge is 0.308 e. The Morgan fingerprint density at radius 3 is 2.39 bits per heavy atom. The molecule has 0 spiro atoms. The standard InChI is InChI=1S/C12H9N5O/c13-8-9-2-4-10(5-3-9)16-12(18)17-11-14-6-1-7-15-11/h1-7H,(H2,14,15,16,17,18). The maximum atomic E-state index is 11.6. The van der Waals surface area contributed by atoms with Gasteiger partial charge < -0.3 is 5.32 Å². The van der Waals surface area contributed by atoms with E-state index in [1.54, 1.807) is 30.3 Å². The molecule has 0 atom stereocenters. The van der Waals surface area contributed by atoms with E-state index in [0.29, 0.717) is 11.3 Å². The summed E-state index contributed by atoms with van der Waals surface area (Å²) in [7, 11) is 0.